The van der Waals surface area contributed by atoms with Gasteiger partial charge in [-0.05, 0) is 57.5 Å². The minimum absolute atomic E-state index is 0.110. The Balaban J connectivity index is 1.76. The monoisotopic (exact) mass is 338 g/mol. The van der Waals surface area contributed by atoms with Gasteiger partial charge in [-0.2, -0.15) is 0 Å². The molecule has 1 amide bonds. The smallest absolute Gasteiger partial charge is 0.253 e. The highest BCUT2D eigenvalue weighted by molar-refractivity contribution is 5.94. The molecule has 1 atom stereocenters. The molecule has 1 N–H and O–H groups in total. The van der Waals surface area contributed by atoms with Gasteiger partial charge in [-0.3, -0.25) is 9.20 Å². The van der Waals surface area contributed by atoms with Crippen LogP contribution in [0.5, 0.6) is 5.75 Å². The van der Waals surface area contributed by atoms with Crippen molar-refractivity contribution in [1.29, 1.82) is 0 Å². The maximum atomic E-state index is 12.6. The van der Waals surface area contributed by atoms with Gasteiger partial charge in [0, 0.05) is 6.20 Å². The number of aromatic nitrogens is 3. The summed E-state index contributed by atoms with van der Waals surface area (Å²) in [6, 6.07) is 11.2. The summed E-state index contributed by atoms with van der Waals surface area (Å²) < 4.78 is 7.52. The van der Waals surface area contributed by atoms with E-state index in [0.29, 0.717) is 5.56 Å². The van der Waals surface area contributed by atoms with Gasteiger partial charge in [0.1, 0.15) is 11.6 Å². The molecule has 1 aromatic carbocycles. The molecule has 2 aromatic heterocycles. The molecule has 1 unspecified atom stereocenters. The van der Waals surface area contributed by atoms with E-state index in [1.807, 2.05) is 52.0 Å². The van der Waals surface area contributed by atoms with E-state index in [9.17, 15) is 4.79 Å². The molecule has 0 aliphatic carbocycles. The first-order valence-electron chi connectivity index (χ1n) is 8.33. The van der Waals surface area contributed by atoms with E-state index >= 15 is 0 Å². The summed E-state index contributed by atoms with van der Waals surface area (Å²) in [5, 5.41) is 11.1. The first-order chi connectivity index (χ1) is 11.9. The number of hydrogen-bond acceptors (Lipinski definition) is 4. The van der Waals surface area contributed by atoms with Crippen molar-refractivity contribution in [1.82, 2.24) is 19.9 Å². The van der Waals surface area contributed by atoms with Crippen LogP contribution in [0.2, 0.25) is 0 Å². The topological polar surface area (TPSA) is 68.5 Å². The second kappa shape index (κ2) is 6.93. The van der Waals surface area contributed by atoms with E-state index in [0.717, 1.165) is 22.8 Å². The first-order valence-corrected chi connectivity index (χ1v) is 8.33. The number of fused-ring (bicyclic) bond motifs is 1. The predicted octanol–water partition coefficient (Wildman–Crippen LogP) is 3.32. The first kappa shape index (κ1) is 17.0. The number of rotatable bonds is 5. The molecule has 2 heterocycles. The molecular weight excluding hydrogens is 316 g/mol. The maximum Gasteiger partial charge on any atom is 0.253 e. The third-order valence-corrected chi connectivity index (χ3v) is 3.91. The molecule has 0 radical (unpaired) electrons. The van der Waals surface area contributed by atoms with E-state index in [1.54, 1.807) is 22.7 Å². The summed E-state index contributed by atoms with van der Waals surface area (Å²) >= 11 is 0. The lowest BCUT2D eigenvalue weighted by atomic mass is 10.1. The number of hydrogen-bond donors (Lipinski definition) is 1. The number of nitrogens with one attached hydrogen (secondary N) is 1. The van der Waals surface area contributed by atoms with Crippen molar-refractivity contribution < 1.29 is 9.53 Å². The average molecular weight is 338 g/mol. The molecule has 0 aliphatic rings. The fraction of sp³-hybridized carbons (Fsp3) is 0.316. The van der Waals surface area contributed by atoms with Gasteiger partial charge in [0.2, 0.25) is 0 Å². The molecule has 0 spiro atoms. The van der Waals surface area contributed by atoms with Crippen LogP contribution in [0.25, 0.3) is 5.65 Å². The number of carbonyl (C=O) groups is 1. The summed E-state index contributed by atoms with van der Waals surface area (Å²) in [5.74, 6) is 1.41. The number of ether oxygens (including phenoxy) is 1. The number of benzene rings is 1. The normalized spacial score (nSPS) is 12.4. The molecule has 0 bridgehead atoms. The van der Waals surface area contributed by atoms with Crippen LogP contribution in [0, 0.1) is 6.92 Å². The van der Waals surface area contributed by atoms with Gasteiger partial charge in [0.25, 0.3) is 5.91 Å². The Morgan fingerprint density at radius 3 is 2.72 bits per heavy atom. The Morgan fingerprint density at radius 2 is 1.96 bits per heavy atom. The van der Waals surface area contributed by atoms with Crippen LogP contribution in [0.3, 0.4) is 0 Å². The van der Waals surface area contributed by atoms with E-state index < -0.39 is 0 Å². The van der Waals surface area contributed by atoms with Crippen LogP contribution in [0.1, 0.15) is 48.6 Å². The van der Waals surface area contributed by atoms with Gasteiger partial charge >= 0.3 is 0 Å². The van der Waals surface area contributed by atoms with E-state index in [4.69, 9.17) is 4.74 Å². The Morgan fingerprint density at radius 1 is 1.16 bits per heavy atom. The number of carbonyl (C=O) groups excluding carboxylic acids is 1. The summed E-state index contributed by atoms with van der Waals surface area (Å²) in [6.07, 6.45) is 1.87. The van der Waals surface area contributed by atoms with Crippen molar-refractivity contribution in [2.45, 2.75) is 39.8 Å². The molecule has 0 aliphatic heterocycles. The lowest BCUT2D eigenvalue weighted by Gasteiger charge is -2.16. The highest BCUT2D eigenvalue weighted by Crippen LogP contribution is 2.20. The Labute approximate surface area is 146 Å². The van der Waals surface area contributed by atoms with Gasteiger partial charge in [0.05, 0.1) is 17.7 Å². The predicted molar refractivity (Wildman–Crippen MR) is 95.8 cm³/mol. The minimum atomic E-state index is -0.141. The van der Waals surface area contributed by atoms with Crippen LogP contribution in [-0.2, 0) is 0 Å². The highest BCUT2D eigenvalue weighted by atomic mass is 16.5. The second-order valence-electron chi connectivity index (χ2n) is 6.33. The van der Waals surface area contributed by atoms with Crippen molar-refractivity contribution in [3.05, 3.63) is 59.5 Å². The second-order valence-corrected chi connectivity index (χ2v) is 6.33. The molecule has 6 nitrogen and oxygen atoms in total. The molecule has 3 aromatic rings. The molecule has 0 saturated carbocycles. The Bertz CT molecular complexity index is 901. The van der Waals surface area contributed by atoms with Gasteiger partial charge in [-0.15, -0.1) is 10.2 Å². The van der Waals surface area contributed by atoms with E-state index in [1.165, 1.54) is 0 Å². The van der Waals surface area contributed by atoms with Crippen LogP contribution < -0.4 is 10.1 Å². The molecule has 3 rings (SSSR count). The van der Waals surface area contributed by atoms with Gasteiger partial charge < -0.3 is 10.1 Å². The van der Waals surface area contributed by atoms with Crippen LogP contribution in [0.15, 0.2) is 42.6 Å². The standard InChI is InChI=1S/C19H22N4O2/c1-12(2)25-17-7-5-6-15(10-17)13(3)20-19(24)16-8-9-18-22-21-14(4)23(18)11-16/h5-13H,1-4H3,(H,20,24). The minimum Gasteiger partial charge on any atom is -0.491 e. The molecule has 6 heteroatoms. The third kappa shape index (κ3) is 3.79. The van der Waals surface area contributed by atoms with Crippen LogP contribution >= 0.6 is 0 Å². The fourth-order valence-corrected chi connectivity index (χ4v) is 2.63. The third-order valence-electron chi connectivity index (χ3n) is 3.91. The fourth-order valence-electron chi connectivity index (χ4n) is 2.63. The molecule has 130 valence electrons. The quantitative estimate of drug-likeness (QED) is 0.775. The van der Waals surface area contributed by atoms with Crippen molar-refractivity contribution in [3.63, 3.8) is 0 Å². The average Bonchev–Trinajstić information content (AvgIpc) is 2.95. The number of amides is 1. The van der Waals surface area contributed by atoms with Crippen molar-refractivity contribution in [2.75, 3.05) is 0 Å². The zero-order valence-electron chi connectivity index (χ0n) is 14.9. The molecule has 0 saturated heterocycles. The molecular formula is C19H22N4O2. The number of pyridine rings is 1. The van der Waals surface area contributed by atoms with Crippen molar-refractivity contribution in [2.24, 2.45) is 0 Å². The largest absolute Gasteiger partial charge is 0.491 e. The zero-order chi connectivity index (χ0) is 18.0. The lowest BCUT2D eigenvalue weighted by molar-refractivity contribution is 0.0939. The highest BCUT2D eigenvalue weighted by Gasteiger charge is 2.14. The maximum absolute atomic E-state index is 12.6. The summed E-state index contributed by atoms with van der Waals surface area (Å²) in [6.45, 7) is 7.78. The van der Waals surface area contributed by atoms with Crippen molar-refractivity contribution in [3.8, 4) is 5.75 Å². The van der Waals surface area contributed by atoms with E-state index in [-0.39, 0.29) is 18.1 Å². The van der Waals surface area contributed by atoms with Gasteiger partial charge in [-0.1, -0.05) is 12.1 Å². The summed E-state index contributed by atoms with van der Waals surface area (Å²) in [4.78, 5) is 12.6. The number of aryl methyl sites for hydroxylation is 1. The Kier molecular flexibility index (Phi) is 4.70. The van der Waals surface area contributed by atoms with Crippen LogP contribution in [-0.4, -0.2) is 26.6 Å². The number of nitrogens with zero attached hydrogens (tertiary/aromatic N) is 3. The van der Waals surface area contributed by atoms with Crippen LogP contribution in [0.4, 0.5) is 0 Å². The SMILES string of the molecule is Cc1nnc2ccc(C(=O)NC(C)c3cccc(OC(C)C)c3)cn12. The Hall–Kier alpha value is -2.89. The van der Waals surface area contributed by atoms with Gasteiger partial charge in [-0.25, -0.2) is 0 Å². The van der Waals surface area contributed by atoms with E-state index in [2.05, 4.69) is 15.5 Å². The molecule has 25 heavy (non-hydrogen) atoms. The molecule has 0 fully saturated rings. The summed E-state index contributed by atoms with van der Waals surface area (Å²) in [7, 11) is 0. The lowest BCUT2D eigenvalue weighted by Crippen LogP contribution is -2.27. The van der Waals surface area contributed by atoms with Crippen molar-refractivity contribution >= 4 is 11.6 Å². The summed E-state index contributed by atoms with van der Waals surface area (Å²) in [5.41, 5.74) is 2.28. The zero-order valence-corrected chi connectivity index (χ0v) is 14.9. The van der Waals surface area contributed by atoms with Gasteiger partial charge in [0.15, 0.2) is 5.65 Å².